The Labute approximate surface area is 283 Å². The van der Waals surface area contributed by atoms with Gasteiger partial charge in [-0.05, 0) is 82.7 Å². The molecule has 0 spiro atoms. The lowest BCUT2D eigenvalue weighted by atomic mass is 10.1. The van der Waals surface area contributed by atoms with Crippen molar-refractivity contribution in [1.82, 2.24) is 5.43 Å². The fraction of sp³-hybridized carbons (Fsp3) is 0.0645. The standard InChI is InChI=1S/C31H21Br2Cl2N3O7/c1-16(39)44-26-9-6-18(12-27(26)43-2)29(40)37-22-5-3-4-17(11-22)30(41)38-36-15-19-10-20(32)13-24(33)28(19)45-31(42)23-8-7-21(34)14-25(23)35/h3-15H,1-2H3,(H,37,40)(H,38,41). The van der Waals surface area contributed by atoms with Crippen molar-refractivity contribution in [3.63, 3.8) is 0 Å². The van der Waals surface area contributed by atoms with Crippen LogP contribution in [0.2, 0.25) is 10.0 Å². The van der Waals surface area contributed by atoms with Crippen molar-refractivity contribution in [2.45, 2.75) is 6.92 Å². The maximum absolute atomic E-state index is 12.9. The zero-order valence-corrected chi connectivity index (χ0v) is 28.0. The molecule has 10 nitrogen and oxygen atoms in total. The molecule has 0 aliphatic carbocycles. The van der Waals surface area contributed by atoms with Crippen LogP contribution in [0.5, 0.6) is 17.2 Å². The van der Waals surface area contributed by atoms with Crippen LogP contribution in [-0.4, -0.2) is 37.1 Å². The quantitative estimate of drug-likeness (QED) is 0.0771. The fourth-order valence-electron chi connectivity index (χ4n) is 3.80. The van der Waals surface area contributed by atoms with E-state index in [1.165, 1.54) is 68.8 Å². The smallest absolute Gasteiger partial charge is 0.345 e. The Kier molecular flexibility index (Phi) is 11.3. The van der Waals surface area contributed by atoms with Crippen LogP contribution in [0.1, 0.15) is 43.6 Å². The third kappa shape index (κ3) is 8.92. The van der Waals surface area contributed by atoms with E-state index < -0.39 is 23.8 Å². The summed E-state index contributed by atoms with van der Waals surface area (Å²) in [7, 11) is 1.38. The van der Waals surface area contributed by atoms with Crippen LogP contribution in [0.15, 0.2) is 86.8 Å². The highest BCUT2D eigenvalue weighted by atomic mass is 79.9. The lowest BCUT2D eigenvalue weighted by molar-refractivity contribution is -0.132. The SMILES string of the molecule is COc1cc(C(=O)Nc2cccc(C(=O)NN=Cc3cc(Br)cc(Br)c3OC(=O)c3ccc(Cl)cc3Cl)c2)ccc1OC(C)=O. The first kappa shape index (κ1) is 33.7. The summed E-state index contributed by atoms with van der Waals surface area (Å²) in [6.45, 7) is 1.25. The van der Waals surface area contributed by atoms with E-state index in [4.69, 9.17) is 37.4 Å². The Hall–Kier alpha value is -4.23. The molecule has 0 saturated heterocycles. The van der Waals surface area contributed by atoms with E-state index >= 15 is 0 Å². The second kappa shape index (κ2) is 15.2. The van der Waals surface area contributed by atoms with E-state index in [1.54, 1.807) is 24.3 Å². The first-order chi connectivity index (χ1) is 21.4. The Morgan fingerprint density at radius 2 is 1.60 bits per heavy atom. The van der Waals surface area contributed by atoms with Crippen molar-refractivity contribution < 1.29 is 33.4 Å². The predicted molar refractivity (Wildman–Crippen MR) is 177 cm³/mol. The number of hydrazone groups is 1. The minimum atomic E-state index is -0.726. The highest BCUT2D eigenvalue weighted by Gasteiger charge is 2.18. The molecule has 0 aromatic heterocycles. The molecule has 14 heteroatoms. The molecule has 0 atom stereocenters. The molecule has 2 amide bonds. The summed E-state index contributed by atoms with van der Waals surface area (Å²) in [5.41, 5.74) is 3.65. The lowest BCUT2D eigenvalue weighted by Crippen LogP contribution is -2.18. The summed E-state index contributed by atoms with van der Waals surface area (Å²) in [6.07, 6.45) is 1.30. The van der Waals surface area contributed by atoms with E-state index in [-0.39, 0.29) is 39.0 Å². The number of anilines is 1. The van der Waals surface area contributed by atoms with Crippen molar-refractivity contribution in [3.05, 3.63) is 114 Å². The van der Waals surface area contributed by atoms with Gasteiger partial charge in [-0.3, -0.25) is 14.4 Å². The number of hydrogen-bond acceptors (Lipinski definition) is 8. The number of nitrogens with one attached hydrogen (secondary N) is 2. The number of carbonyl (C=O) groups is 4. The minimum Gasteiger partial charge on any atom is -0.493 e. The number of carbonyl (C=O) groups excluding carboxylic acids is 4. The van der Waals surface area contributed by atoms with E-state index in [1.807, 2.05) is 0 Å². The summed E-state index contributed by atoms with van der Waals surface area (Å²) < 4.78 is 17.0. The van der Waals surface area contributed by atoms with Crippen molar-refractivity contribution in [2.24, 2.45) is 5.10 Å². The number of ether oxygens (including phenoxy) is 3. The predicted octanol–water partition coefficient (Wildman–Crippen LogP) is 7.69. The monoisotopic (exact) mass is 775 g/mol. The van der Waals surface area contributed by atoms with Gasteiger partial charge in [0.2, 0.25) is 0 Å². The van der Waals surface area contributed by atoms with E-state index in [2.05, 4.69) is 47.7 Å². The zero-order chi connectivity index (χ0) is 32.7. The molecule has 0 saturated carbocycles. The van der Waals surface area contributed by atoms with Gasteiger partial charge in [0.25, 0.3) is 11.8 Å². The average molecular weight is 778 g/mol. The van der Waals surface area contributed by atoms with Crippen molar-refractivity contribution in [1.29, 1.82) is 0 Å². The third-order valence-corrected chi connectivity index (χ3v) is 7.41. The zero-order valence-electron chi connectivity index (χ0n) is 23.3. The van der Waals surface area contributed by atoms with Gasteiger partial charge in [-0.25, -0.2) is 10.2 Å². The van der Waals surface area contributed by atoms with Crippen LogP contribution in [0.25, 0.3) is 0 Å². The fourth-order valence-corrected chi connectivity index (χ4v) is 5.63. The Morgan fingerprint density at radius 3 is 2.31 bits per heavy atom. The van der Waals surface area contributed by atoms with Gasteiger partial charge in [0.1, 0.15) is 0 Å². The van der Waals surface area contributed by atoms with Gasteiger partial charge in [-0.2, -0.15) is 5.10 Å². The Balaban J connectivity index is 1.46. The lowest BCUT2D eigenvalue weighted by Gasteiger charge is -2.11. The number of amides is 2. The number of nitrogens with zero attached hydrogens (tertiary/aromatic N) is 1. The summed E-state index contributed by atoms with van der Waals surface area (Å²) in [6, 6.07) is 18.2. The molecule has 0 heterocycles. The molecule has 0 bridgehead atoms. The van der Waals surface area contributed by atoms with Gasteiger partial charge in [0, 0.05) is 38.8 Å². The Morgan fingerprint density at radius 1 is 0.844 bits per heavy atom. The second-order valence-corrected chi connectivity index (χ2v) is 11.6. The number of methoxy groups -OCH3 is 1. The molecule has 4 rings (SSSR count). The van der Waals surface area contributed by atoms with Gasteiger partial charge in [0.15, 0.2) is 17.2 Å². The highest BCUT2D eigenvalue weighted by molar-refractivity contribution is 9.11. The largest absolute Gasteiger partial charge is 0.493 e. The second-order valence-electron chi connectivity index (χ2n) is 9.01. The molecule has 45 heavy (non-hydrogen) atoms. The summed E-state index contributed by atoms with van der Waals surface area (Å²) in [5.74, 6) is -1.81. The molecule has 2 N–H and O–H groups in total. The maximum Gasteiger partial charge on any atom is 0.345 e. The van der Waals surface area contributed by atoms with Gasteiger partial charge in [0.05, 0.1) is 28.4 Å². The van der Waals surface area contributed by atoms with Crippen LogP contribution in [-0.2, 0) is 4.79 Å². The number of esters is 2. The molecule has 0 unspecified atom stereocenters. The molecular weight excluding hydrogens is 757 g/mol. The summed E-state index contributed by atoms with van der Waals surface area (Å²) >= 11 is 18.8. The van der Waals surface area contributed by atoms with Crippen LogP contribution < -0.4 is 25.0 Å². The molecule has 0 radical (unpaired) electrons. The third-order valence-electron chi connectivity index (χ3n) is 5.81. The van der Waals surface area contributed by atoms with E-state index in [0.29, 0.717) is 25.2 Å². The van der Waals surface area contributed by atoms with Crippen molar-refractivity contribution in [3.8, 4) is 17.2 Å². The Bertz CT molecular complexity index is 1850. The molecule has 230 valence electrons. The summed E-state index contributed by atoms with van der Waals surface area (Å²) in [4.78, 5) is 49.9. The average Bonchev–Trinajstić information content (AvgIpc) is 2.98. The topological polar surface area (TPSA) is 132 Å². The minimum absolute atomic E-state index is 0.109. The first-order valence-electron chi connectivity index (χ1n) is 12.7. The van der Waals surface area contributed by atoms with Crippen molar-refractivity contribution >= 4 is 90.7 Å². The van der Waals surface area contributed by atoms with E-state index in [9.17, 15) is 19.2 Å². The van der Waals surface area contributed by atoms with Gasteiger partial charge >= 0.3 is 11.9 Å². The molecule has 4 aromatic carbocycles. The summed E-state index contributed by atoms with van der Waals surface area (Å²) in [5, 5.41) is 7.22. The normalized spacial score (nSPS) is 10.7. The molecule has 0 aliphatic rings. The molecule has 0 aliphatic heterocycles. The van der Waals surface area contributed by atoms with Crippen LogP contribution in [0.4, 0.5) is 5.69 Å². The number of halogens is 4. The molecule has 0 fully saturated rings. The first-order valence-corrected chi connectivity index (χ1v) is 15.1. The molecular formula is C31H21Br2Cl2N3O7. The molecule has 4 aromatic rings. The van der Waals surface area contributed by atoms with Crippen molar-refractivity contribution in [2.75, 3.05) is 12.4 Å². The van der Waals surface area contributed by atoms with Crippen LogP contribution >= 0.6 is 55.1 Å². The maximum atomic E-state index is 12.9. The number of benzene rings is 4. The van der Waals surface area contributed by atoms with Gasteiger partial charge < -0.3 is 19.5 Å². The number of rotatable bonds is 9. The van der Waals surface area contributed by atoms with E-state index in [0.717, 1.165) is 0 Å². The number of hydrogen-bond donors (Lipinski definition) is 2. The van der Waals surface area contributed by atoms with Crippen LogP contribution in [0.3, 0.4) is 0 Å². The van der Waals surface area contributed by atoms with Gasteiger partial charge in [-0.1, -0.05) is 45.2 Å². The van der Waals surface area contributed by atoms with Crippen LogP contribution in [0, 0.1) is 0 Å². The van der Waals surface area contributed by atoms with Gasteiger partial charge in [-0.15, -0.1) is 0 Å². The highest BCUT2D eigenvalue weighted by Crippen LogP contribution is 2.34.